The molecule has 1 aromatic rings. The van der Waals surface area contributed by atoms with E-state index in [1.54, 1.807) is 4.31 Å². The lowest BCUT2D eigenvalue weighted by molar-refractivity contribution is -0.127. The summed E-state index contributed by atoms with van der Waals surface area (Å²) in [6.45, 7) is 2.11. The van der Waals surface area contributed by atoms with Gasteiger partial charge >= 0.3 is 0 Å². The summed E-state index contributed by atoms with van der Waals surface area (Å²) in [5, 5.41) is 0. The van der Waals surface area contributed by atoms with Crippen LogP contribution in [0.1, 0.15) is 44.1 Å². The zero-order valence-electron chi connectivity index (χ0n) is 14.1. The predicted molar refractivity (Wildman–Crippen MR) is 93.8 cm³/mol. The van der Waals surface area contributed by atoms with Crippen molar-refractivity contribution in [3.8, 4) is 0 Å². The van der Waals surface area contributed by atoms with Crippen LogP contribution in [0.25, 0.3) is 0 Å². The number of rotatable bonds is 6. The highest BCUT2D eigenvalue weighted by Gasteiger charge is 2.33. The predicted octanol–water partition coefficient (Wildman–Crippen LogP) is 2.38. The molecular weight excluding hydrogens is 324 g/mol. The zero-order chi connectivity index (χ0) is 17.0. The van der Waals surface area contributed by atoms with Crippen LogP contribution >= 0.6 is 0 Å². The minimum Gasteiger partial charge on any atom is -0.343 e. The molecule has 1 aromatic carbocycles. The van der Waals surface area contributed by atoms with Crippen molar-refractivity contribution in [3.63, 3.8) is 0 Å². The van der Waals surface area contributed by atoms with Crippen LogP contribution < -0.4 is 0 Å². The van der Waals surface area contributed by atoms with Crippen molar-refractivity contribution in [2.75, 3.05) is 19.6 Å². The summed E-state index contributed by atoms with van der Waals surface area (Å²) in [5.74, 6) is 0.275. The first-order valence-electron chi connectivity index (χ1n) is 8.87. The monoisotopic (exact) mass is 350 g/mol. The molecule has 2 heterocycles. The van der Waals surface area contributed by atoms with E-state index in [1.807, 2.05) is 35.2 Å². The quantitative estimate of drug-likeness (QED) is 0.791. The van der Waals surface area contributed by atoms with E-state index >= 15 is 0 Å². The number of carbonyl (C=O) groups excluding carboxylic acids is 1. The van der Waals surface area contributed by atoms with Gasteiger partial charge in [0.2, 0.25) is 15.9 Å². The maximum atomic E-state index is 12.9. The topological polar surface area (TPSA) is 57.7 Å². The van der Waals surface area contributed by atoms with Gasteiger partial charge in [-0.25, -0.2) is 8.42 Å². The van der Waals surface area contributed by atoms with Gasteiger partial charge in [-0.1, -0.05) is 36.8 Å². The Kier molecular flexibility index (Phi) is 5.56. The van der Waals surface area contributed by atoms with Gasteiger partial charge in [0.15, 0.2) is 0 Å². The van der Waals surface area contributed by atoms with Crippen molar-refractivity contribution in [3.05, 3.63) is 35.9 Å². The molecule has 1 atom stereocenters. The fourth-order valence-corrected chi connectivity index (χ4v) is 5.59. The lowest BCUT2D eigenvalue weighted by Gasteiger charge is -2.35. The SMILES string of the molecule is O=C1CCCN1CC[C@H]1CCCCN1S(=O)(=O)Cc1ccccc1. The number of nitrogens with zero attached hydrogens (tertiary/aromatic N) is 2. The van der Waals surface area contributed by atoms with Crippen LogP contribution in [-0.4, -0.2) is 49.2 Å². The van der Waals surface area contributed by atoms with Gasteiger partial charge in [-0.3, -0.25) is 4.79 Å². The average Bonchev–Trinajstić information content (AvgIpc) is 2.99. The Bertz CT molecular complexity index is 660. The first kappa shape index (κ1) is 17.4. The molecule has 6 heteroatoms. The van der Waals surface area contributed by atoms with E-state index < -0.39 is 10.0 Å². The molecule has 24 heavy (non-hydrogen) atoms. The van der Waals surface area contributed by atoms with Crippen molar-refractivity contribution in [1.29, 1.82) is 0 Å². The van der Waals surface area contributed by atoms with Gasteiger partial charge in [0, 0.05) is 32.1 Å². The summed E-state index contributed by atoms with van der Waals surface area (Å²) in [6.07, 6.45) is 5.21. The number of hydrogen-bond acceptors (Lipinski definition) is 3. The number of likely N-dealkylation sites (tertiary alicyclic amines) is 1. The Hall–Kier alpha value is -1.40. The highest BCUT2D eigenvalue weighted by atomic mass is 32.2. The standard InChI is InChI=1S/C18H26N2O3S/c21-18-10-6-12-19(18)14-11-17-9-4-5-13-20(17)24(22,23)15-16-7-2-1-3-8-16/h1-3,7-8,17H,4-6,9-15H2/t17-/m1/s1. The summed E-state index contributed by atoms with van der Waals surface area (Å²) in [6, 6.07) is 9.39. The molecule has 5 nitrogen and oxygen atoms in total. The lowest BCUT2D eigenvalue weighted by Crippen LogP contribution is -2.45. The molecular formula is C18H26N2O3S. The van der Waals surface area contributed by atoms with E-state index in [1.165, 1.54) is 0 Å². The Morgan fingerprint density at radius 1 is 1.04 bits per heavy atom. The minimum atomic E-state index is -3.31. The number of sulfonamides is 1. The van der Waals surface area contributed by atoms with Crippen LogP contribution in [0.3, 0.4) is 0 Å². The van der Waals surface area contributed by atoms with E-state index in [2.05, 4.69) is 0 Å². The van der Waals surface area contributed by atoms with Crippen LogP contribution in [0.2, 0.25) is 0 Å². The van der Waals surface area contributed by atoms with E-state index in [4.69, 9.17) is 0 Å². The molecule has 3 rings (SSSR count). The number of amides is 1. The Balaban J connectivity index is 1.65. The van der Waals surface area contributed by atoms with Crippen LogP contribution in [0.5, 0.6) is 0 Å². The largest absolute Gasteiger partial charge is 0.343 e. The normalized spacial score (nSPS) is 22.9. The highest BCUT2D eigenvalue weighted by molar-refractivity contribution is 7.88. The van der Waals surface area contributed by atoms with Gasteiger partial charge in [0.05, 0.1) is 5.75 Å². The number of benzene rings is 1. The Labute approximate surface area is 144 Å². The van der Waals surface area contributed by atoms with Crippen LogP contribution in [0, 0.1) is 0 Å². The molecule has 0 aliphatic carbocycles. The molecule has 2 fully saturated rings. The molecule has 0 saturated carbocycles. The van der Waals surface area contributed by atoms with Crippen LogP contribution in [0.4, 0.5) is 0 Å². The summed E-state index contributed by atoms with van der Waals surface area (Å²) in [7, 11) is -3.31. The molecule has 1 amide bonds. The minimum absolute atomic E-state index is 0.0286. The van der Waals surface area contributed by atoms with E-state index in [9.17, 15) is 13.2 Å². The van der Waals surface area contributed by atoms with Gasteiger partial charge in [0.1, 0.15) is 0 Å². The molecule has 0 spiro atoms. The second kappa shape index (κ2) is 7.66. The summed E-state index contributed by atoms with van der Waals surface area (Å²) >= 11 is 0. The number of hydrogen-bond donors (Lipinski definition) is 0. The molecule has 0 bridgehead atoms. The van der Waals surface area contributed by atoms with Crippen molar-refractivity contribution in [2.24, 2.45) is 0 Å². The maximum Gasteiger partial charge on any atom is 0.222 e. The molecule has 2 saturated heterocycles. The van der Waals surface area contributed by atoms with Gasteiger partial charge < -0.3 is 4.90 Å². The number of carbonyl (C=O) groups is 1. The molecule has 0 aromatic heterocycles. The molecule has 132 valence electrons. The third kappa shape index (κ3) is 4.16. The van der Waals surface area contributed by atoms with E-state index in [0.29, 0.717) is 19.5 Å². The molecule has 0 radical (unpaired) electrons. The molecule has 0 unspecified atom stereocenters. The van der Waals surface area contributed by atoms with Gasteiger partial charge in [-0.15, -0.1) is 0 Å². The fourth-order valence-electron chi connectivity index (χ4n) is 3.74. The summed E-state index contributed by atoms with van der Waals surface area (Å²) in [5.41, 5.74) is 0.830. The summed E-state index contributed by atoms with van der Waals surface area (Å²) in [4.78, 5) is 13.6. The Morgan fingerprint density at radius 3 is 2.54 bits per heavy atom. The third-order valence-corrected chi connectivity index (χ3v) is 6.92. The highest BCUT2D eigenvalue weighted by Crippen LogP contribution is 2.25. The Morgan fingerprint density at radius 2 is 1.83 bits per heavy atom. The van der Waals surface area contributed by atoms with Crippen molar-refractivity contribution >= 4 is 15.9 Å². The molecule has 2 aliphatic heterocycles. The van der Waals surface area contributed by atoms with E-state index in [-0.39, 0.29) is 17.7 Å². The molecule has 2 aliphatic rings. The first-order chi connectivity index (χ1) is 11.6. The van der Waals surface area contributed by atoms with Gasteiger partial charge in [-0.2, -0.15) is 4.31 Å². The van der Waals surface area contributed by atoms with Crippen LogP contribution in [-0.2, 0) is 20.6 Å². The summed E-state index contributed by atoms with van der Waals surface area (Å²) < 4.78 is 27.4. The van der Waals surface area contributed by atoms with Crippen molar-refractivity contribution in [2.45, 2.75) is 50.3 Å². The van der Waals surface area contributed by atoms with Crippen LogP contribution in [0.15, 0.2) is 30.3 Å². The zero-order valence-corrected chi connectivity index (χ0v) is 14.9. The first-order valence-corrected chi connectivity index (χ1v) is 10.5. The van der Waals surface area contributed by atoms with Gasteiger partial charge in [-0.05, 0) is 31.2 Å². The third-order valence-electron chi connectivity index (χ3n) is 5.03. The molecule has 0 N–H and O–H groups in total. The smallest absolute Gasteiger partial charge is 0.222 e. The van der Waals surface area contributed by atoms with Crippen molar-refractivity contribution < 1.29 is 13.2 Å². The second-order valence-electron chi connectivity index (χ2n) is 6.78. The second-order valence-corrected chi connectivity index (χ2v) is 8.70. The van der Waals surface area contributed by atoms with Gasteiger partial charge in [0.25, 0.3) is 0 Å². The number of piperidine rings is 1. The average molecular weight is 350 g/mol. The maximum absolute atomic E-state index is 12.9. The lowest BCUT2D eigenvalue weighted by atomic mass is 10.0. The van der Waals surface area contributed by atoms with E-state index in [0.717, 1.165) is 44.2 Å². The van der Waals surface area contributed by atoms with Crippen molar-refractivity contribution in [1.82, 2.24) is 9.21 Å². The fraction of sp³-hybridized carbons (Fsp3) is 0.611.